The van der Waals surface area contributed by atoms with Gasteiger partial charge < -0.3 is 24.3 Å². The molecular weight excluding hydrogens is 448 g/mol. The number of nitrogens with one attached hydrogen (secondary N) is 1. The van der Waals surface area contributed by atoms with E-state index in [0.29, 0.717) is 11.1 Å². The lowest BCUT2D eigenvalue weighted by molar-refractivity contribution is -0.150. The van der Waals surface area contributed by atoms with Crippen molar-refractivity contribution in [2.45, 2.75) is 58.3 Å². The van der Waals surface area contributed by atoms with Crippen LogP contribution < -0.4 is 14.8 Å². The van der Waals surface area contributed by atoms with Crippen molar-refractivity contribution in [3.63, 3.8) is 0 Å². The predicted octanol–water partition coefficient (Wildman–Crippen LogP) is 4.96. The summed E-state index contributed by atoms with van der Waals surface area (Å²) in [7, 11) is 2.68. The monoisotopic (exact) mass is 479 g/mol. The van der Waals surface area contributed by atoms with Gasteiger partial charge in [-0.25, -0.2) is 18.4 Å². The van der Waals surface area contributed by atoms with Crippen LogP contribution in [0, 0.1) is 11.6 Å². The highest BCUT2D eigenvalue weighted by Gasteiger charge is 2.29. The van der Waals surface area contributed by atoms with Gasteiger partial charge in [-0.2, -0.15) is 0 Å². The normalized spacial score (nSPS) is 13.1. The maximum Gasteiger partial charge on any atom is 0.408 e. The second-order valence-electron chi connectivity index (χ2n) is 8.78. The molecule has 34 heavy (non-hydrogen) atoms. The summed E-state index contributed by atoms with van der Waals surface area (Å²) in [4.78, 5) is 24.7. The first-order valence-corrected chi connectivity index (χ1v) is 10.7. The minimum absolute atomic E-state index is 0.00932. The Bertz CT molecular complexity index is 967. The zero-order valence-electron chi connectivity index (χ0n) is 20.4. The van der Waals surface area contributed by atoms with E-state index in [0.717, 1.165) is 0 Å². The minimum Gasteiger partial charge on any atom is -0.494 e. The van der Waals surface area contributed by atoms with Crippen LogP contribution in [0.2, 0.25) is 0 Å². The summed E-state index contributed by atoms with van der Waals surface area (Å²) >= 11 is 0. The van der Waals surface area contributed by atoms with Gasteiger partial charge in [-0.15, -0.1) is 0 Å². The summed E-state index contributed by atoms with van der Waals surface area (Å²) in [5.74, 6) is -2.42. The van der Waals surface area contributed by atoms with Gasteiger partial charge in [-0.05, 0) is 70.0 Å². The molecule has 7 nitrogen and oxygen atoms in total. The van der Waals surface area contributed by atoms with Crippen LogP contribution in [0.25, 0.3) is 0 Å². The molecule has 0 saturated carbocycles. The third-order valence-electron chi connectivity index (χ3n) is 4.93. The number of esters is 1. The number of rotatable bonds is 8. The molecule has 0 fully saturated rings. The molecule has 2 rings (SSSR count). The fourth-order valence-corrected chi connectivity index (χ4v) is 3.37. The van der Waals surface area contributed by atoms with Crippen molar-refractivity contribution in [1.29, 1.82) is 0 Å². The summed E-state index contributed by atoms with van der Waals surface area (Å²) < 4.78 is 49.1. The lowest BCUT2D eigenvalue weighted by atomic mass is 9.86. The van der Waals surface area contributed by atoms with Gasteiger partial charge in [0.05, 0.1) is 14.2 Å². The molecule has 1 N–H and O–H groups in total. The number of amides is 1. The van der Waals surface area contributed by atoms with E-state index < -0.39 is 47.4 Å². The van der Waals surface area contributed by atoms with Crippen molar-refractivity contribution in [2.24, 2.45) is 0 Å². The highest BCUT2D eigenvalue weighted by molar-refractivity contribution is 5.81. The molecule has 0 aliphatic heterocycles. The Morgan fingerprint density at radius 1 is 0.882 bits per heavy atom. The molecule has 0 heterocycles. The Kier molecular flexibility index (Phi) is 8.84. The van der Waals surface area contributed by atoms with Gasteiger partial charge in [0.15, 0.2) is 23.1 Å². The van der Waals surface area contributed by atoms with Gasteiger partial charge in [-0.3, -0.25) is 0 Å². The average molecular weight is 480 g/mol. The predicted molar refractivity (Wildman–Crippen MR) is 122 cm³/mol. The summed E-state index contributed by atoms with van der Waals surface area (Å²) in [6.07, 6.45) is -1.55. The highest BCUT2D eigenvalue weighted by Crippen LogP contribution is 2.35. The first-order valence-electron chi connectivity index (χ1n) is 10.7. The summed E-state index contributed by atoms with van der Waals surface area (Å²) in [6.45, 7) is 8.23. The molecule has 0 bridgehead atoms. The van der Waals surface area contributed by atoms with E-state index in [9.17, 15) is 18.4 Å². The number of methoxy groups -OCH3 is 2. The summed E-state index contributed by atoms with van der Waals surface area (Å²) in [5, 5.41) is 2.44. The Hall–Kier alpha value is -3.36. The molecule has 0 aliphatic carbocycles. The van der Waals surface area contributed by atoms with Gasteiger partial charge >= 0.3 is 12.1 Å². The maximum atomic E-state index is 14.0. The van der Waals surface area contributed by atoms with Gasteiger partial charge in [0.1, 0.15) is 17.7 Å². The van der Waals surface area contributed by atoms with Crippen molar-refractivity contribution in [2.75, 3.05) is 14.2 Å². The lowest BCUT2D eigenvalue weighted by Crippen LogP contribution is -2.43. The number of halogens is 2. The first kappa shape index (κ1) is 26.9. The van der Waals surface area contributed by atoms with Gasteiger partial charge in [0.25, 0.3) is 0 Å². The Balaban J connectivity index is 2.33. The van der Waals surface area contributed by atoms with Crippen molar-refractivity contribution < 1.29 is 37.3 Å². The molecule has 0 radical (unpaired) electrons. The van der Waals surface area contributed by atoms with E-state index in [1.165, 1.54) is 57.5 Å². The molecule has 2 atom stereocenters. The number of hydrogen-bond donors (Lipinski definition) is 1. The molecule has 0 spiro atoms. The van der Waals surface area contributed by atoms with Crippen LogP contribution in [0.4, 0.5) is 13.6 Å². The molecule has 0 aromatic heterocycles. The fourth-order valence-electron chi connectivity index (χ4n) is 3.37. The second-order valence-corrected chi connectivity index (χ2v) is 8.78. The molecule has 2 aromatic rings. The Morgan fingerprint density at radius 2 is 1.35 bits per heavy atom. The quantitative estimate of drug-likeness (QED) is 0.539. The minimum atomic E-state index is -0.997. The smallest absolute Gasteiger partial charge is 0.408 e. The lowest BCUT2D eigenvalue weighted by Gasteiger charge is -2.27. The van der Waals surface area contributed by atoms with Crippen molar-refractivity contribution in [3.05, 3.63) is 59.2 Å². The van der Waals surface area contributed by atoms with Crippen LogP contribution in [0.5, 0.6) is 11.5 Å². The molecule has 0 saturated heterocycles. The van der Waals surface area contributed by atoms with Crippen LogP contribution in [-0.4, -0.2) is 44.0 Å². The van der Waals surface area contributed by atoms with Crippen LogP contribution in [0.1, 0.15) is 51.7 Å². The molecule has 2 aromatic carbocycles. The number of alkyl carbamates (subject to hydrolysis) is 1. The third-order valence-corrected chi connectivity index (χ3v) is 4.93. The van der Waals surface area contributed by atoms with Crippen molar-refractivity contribution in [1.82, 2.24) is 5.32 Å². The standard InChI is InChI=1S/C25H31F2NO6/c1-14(28-24(30)34-25(3,4)5)23(29)33-15(2)22(16-8-10-18(26)20(12-16)31-6)17-9-11-19(27)21(13-17)32-7/h8-15,22H,1-7H3,(H,28,30)/t14-,15-/m0/s1. The van der Waals surface area contributed by atoms with Crippen LogP contribution in [0.15, 0.2) is 36.4 Å². The SMILES string of the molecule is COc1cc(C(c2ccc(F)c(OC)c2)[C@H](C)OC(=O)[C@H](C)NC(=O)OC(C)(C)C)ccc1F. The first-order chi connectivity index (χ1) is 15.9. The van der Waals surface area contributed by atoms with Crippen LogP contribution >= 0.6 is 0 Å². The zero-order chi connectivity index (χ0) is 25.6. The molecule has 9 heteroatoms. The second kappa shape index (κ2) is 11.2. The molecular formula is C25H31F2NO6. The summed E-state index contributed by atoms with van der Waals surface area (Å²) in [5.41, 5.74) is 0.412. The largest absolute Gasteiger partial charge is 0.494 e. The third kappa shape index (κ3) is 7.07. The van der Waals surface area contributed by atoms with Crippen molar-refractivity contribution >= 4 is 12.1 Å². The average Bonchev–Trinajstić information content (AvgIpc) is 2.74. The molecule has 186 valence electrons. The molecule has 0 unspecified atom stereocenters. The number of hydrogen-bond acceptors (Lipinski definition) is 6. The molecule has 1 amide bonds. The van der Waals surface area contributed by atoms with Crippen molar-refractivity contribution in [3.8, 4) is 11.5 Å². The number of carbonyl (C=O) groups excluding carboxylic acids is 2. The Morgan fingerprint density at radius 3 is 1.76 bits per heavy atom. The number of benzene rings is 2. The Labute approximate surface area is 198 Å². The van der Waals surface area contributed by atoms with E-state index in [-0.39, 0.29) is 11.5 Å². The topological polar surface area (TPSA) is 83.1 Å². The van der Waals surface area contributed by atoms with E-state index in [1.54, 1.807) is 27.7 Å². The van der Waals surface area contributed by atoms with E-state index in [2.05, 4.69) is 5.32 Å². The van der Waals surface area contributed by atoms with E-state index in [1.807, 2.05) is 0 Å². The van der Waals surface area contributed by atoms with Gasteiger partial charge in [0, 0.05) is 5.92 Å². The maximum absolute atomic E-state index is 14.0. The fraction of sp³-hybridized carbons (Fsp3) is 0.440. The number of ether oxygens (including phenoxy) is 4. The highest BCUT2D eigenvalue weighted by atomic mass is 19.1. The number of carbonyl (C=O) groups is 2. The molecule has 0 aliphatic rings. The zero-order valence-corrected chi connectivity index (χ0v) is 20.4. The van der Waals surface area contributed by atoms with Crippen LogP contribution in [0.3, 0.4) is 0 Å². The van der Waals surface area contributed by atoms with Crippen LogP contribution in [-0.2, 0) is 14.3 Å². The van der Waals surface area contributed by atoms with Gasteiger partial charge in [0.2, 0.25) is 0 Å². The van der Waals surface area contributed by atoms with E-state index in [4.69, 9.17) is 18.9 Å². The summed E-state index contributed by atoms with van der Waals surface area (Å²) in [6, 6.07) is 7.52. The van der Waals surface area contributed by atoms with Gasteiger partial charge in [-0.1, -0.05) is 12.1 Å². The van der Waals surface area contributed by atoms with E-state index >= 15 is 0 Å².